The SMILES string of the molecule is Cc1ccc(C(N)c2cccc(F)c2)c(C)c1. The van der Waals surface area contributed by atoms with Gasteiger partial charge in [0, 0.05) is 0 Å². The Hall–Kier alpha value is -1.67. The monoisotopic (exact) mass is 229 g/mol. The summed E-state index contributed by atoms with van der Waals surface area (Å²) in [6, 6.07) is 12.3. The minimum absolute atomic E-state index is 0.247. The highest BCUT2D eigenvalue weighted by Crippen LogP contribution is 2.23. The predicted molar refractivity (Wildman–Crippen MR) is 68.3 cm³/mol. The van der Waals surface area contributed by atoms with E-state index in [1.807, 2.05) is 32.0 Å². The zero-order chi connectivity index (χ0) is 12.4. The van der Waals surface area contributed by atoms with Crippen LogP contribution in [0.15, 0.2) is 42.5 Å². The molecule has 17 heavy (non-hydrogen) atoms. The summed E-state index contributed by atoms with van der Waals surface area (Å²) in [5.74, 6) is -0.247. The number of hydrogen-bond acceptors (Lipinski definition) is 1. The molecule has 2 aromatic carbocycles. The predicted octanol–water partition coefficient (Wildman–Crippen LogP) is 3.49. The summed E-state index contributed by atoms with van der Waals surface area (Å²) in [5, 5.41) is 0. The van der Waals surface area contributed by atoms with Gasteiger partial charge in [-0.25, -0.2) is 4.39 Å². The molecule has 0 heterocycles. The largest absolute Gasteiger partial charge is 0.320 e. The number of nitrogens with two attached hydrogens (primary N) is 1. The molecule has 2 aromatic rings. The second kappa shape index (κ2) is 4.68. The summed E-state index contributed by atoms with van der Waals surface area (Å²) in [6.07, 6.45) is 0. The number of halogens is 1. The maximum absolute atomic E-state index is 13.2. The molecule has 0 saturated carbocycles. The van der Waals surface area contributed by atoms with Gasteiger partial charge in [0.15, 0.2) is 0 Å². The van der Waals surface area contributed by atoms with Gasteiger partial charge in [-0.05, 0) is 42.7 Å². The lowest BCUT2D eigenvalue weighted by atomic mass is 9.94. The Kier molecular flexibility index (Phi) is 3.25. The van der Waals surface area contributed by atoms with Crippen LogP contribution in [0.25, 0.3) is 0 Å². The Morgan fingerprint density at radius 1 is 1.06 bits per heavy atom. The third kappa shape index (κ3) is 2.53. The first kappa shape index (κ1) is 11.8. The van der Waals surface area contributed by atoms with Crippen LogP contribution in [0.4, 0.5) is 4.39 Å². The van der Waals surface area contributed by atoms with Crippen molar-refractivity contribution in [2.45, 2.75) is 19.9 Å². The van der Waals surface area contributed by atoms with Crippen molar-refractivity contribution in [3.05, 3.63) is 70.5 Å². The zero-order valence-corrected chi connectivity index (χ0v) is 10.1. The van der Waals surface area contributed by atoms with Crippen LogP contribution in [-0.2, 0) is 0 Å². The maximum atomic E-state index is 13.2. The van der Waals surface area contributed by atoms with Crippen molar-refractivity contribution in [3.8, 4) is 0 Å². The molecule has 0 aliphatic heterocycles. The molecule has 0 aliphatic carbocycles. The van der Waals surface area contributed by atoms with E-state index in [-0.39, 0.29) is 11.9 Å². The lowest BCUT2D eigenvalue weighted by Gasteiger charge is -2.15. The fraction of sp³-hybridized carbons (Fsp3) is 0.200. The molecule has 1 nitrogen and oxygen atoms in total. The van der Waals surface area contributed by atoms with Crippen LogP contribution >= 0.6 is 0 Å². The van der Waals surface area contributed by atoms with E-state index in [4.69, 9.17) is 5.73 Å². The summed E-state index contributed by atoms with van der Waals surface area (Å²) in [5.41, 5.74) is 10.4. The van der Waals surface area contributed by atoms with Gasteiger partial charge in [0.2, 0.25) is 0 Å². The number of hydrogen-bond donors (Lipinski definition) is 1. The van der Waals surface area contributed by atoms with E-state index >= 15 is 0 Å². The molecule has 0 saturated heterocycles. The topological polar surface area (TPSA) is 26.0 Å². The molecular formula is C15H16FN. The van der Waals surface area contributed by atoms with Gasteiger partial charge in [0.05, 0.1) is 6.04 Å². The van der Waals surface area contributed by atoms with E-state index < -0.39 is 0 Å². The molecule has 0 fully saturated rings. The molecule has 2 N–H and O–H groups in total. The fourth-order valence-corrected chi connectivity index (χ4v) is 2.05. The Morgan fingerprint density at radius 2 is 1.82 bits per heavy atom. The van der Waals surface area contributed by atoms with Crippen LogP contribution in [0.2, 0.25) is 0 Å². The Labute approximate surface area is 101 Å². The van der Waals surface area contributed by atoms with Crippen LogP contribution in [0.1, 0.15) is 28.3 Å². The summed E-state index contributed by atoms with van der Waals surface area (Å²) in [4.78, 5) is 0. The molecule has 1 unspecified atom stereocenters. The third-order valence-corrected chi connectivity index (χ3v) is 2.97. The molecule has 2 rings (SSSR count). The lowest BCUT2D eigenvalue weighted by molar-refractivity contribution is 0.623. The summed E-state index contributed by atoms with van der Waals surface area (Å²) in [7, 11) is 0. The van der Waals surface area contributed by atoms with Gasteiger partial charge in [0.1, 0.15) is 5.82 Å². The molecular weight excluding hydrogens is 213 g/mol. The van der Waals surface area contributed by atoms with Crippen LogP contribution < -0.4 is 5.73 Å². The normalized spacial score (nSPS) is 12.5. The van der Waals surface area contributed by atoms with Crippen LogP contribution in [0.5, 0.6) is 0 Å². The quantitative estimate of drug-likeness (QED) is 0.838. The summed E-state index contributed by atoms with van der Waals surface area (Å²) < 4.78 is 13.2. The van der Waals surface area contributed by atoms with Crippen molar-refractivity contribution < 1.29 is 4.39 Å². The van der Waals surface area contributed by atoms with Gasteiger partial charge >= 0.3 is 0 Å². The molecule has 0 bridgehead atoms. The number of aryl methyl sites for hydroxylation is 2. The van der Waals surface area contributed by atoms with Crippen molar-refractivity contribution in [2.75, 3.05) is 0 Å². The molecule has 0 aromatic heterocycles. The van der Waals surface area contributed by atoms with Gasteiger partial charge in [-0.15, -0.1) is 0 Å². The minimum atomic E-state index is -0.272. The van der Waals surface area contributed by atoms with E-state index in [2.05, 4.69) is 6.07 Å². The van der Waals surface area contributed by atoms with Gasteiger partial charge in [0.25, 0.3) is 0 Å². The summed E-state index contributed by atoms with van der Waals surface area (Å²) in [6.45, 7) is 4.08. The highest BCUT2D eigenvalue weighted by molar-refractivity contribution is 5.38. The third-order valence-electron chi connectivity index (χ3n) is 2.97. The highest BCUT2D eigenvalue weighted by atomic mass is 19.1. The molecule has 2 heteroatoms. The molecule has 0 aliphatic rings. The maximum Gasteiger partial charge on any atom is 0.123 e. The van der Waals surface area contributed by atoms with Gasteiger partial charge in [-0.2, -0.15) is 0 Å². The van der Waals surface area contributed by atoms with Crippen molar-refractivity contribution in [2.24, 2.45) is 5.73 Å². The minimum Gasteiger partial charge on any atom is -0.320 e. The molecule has 88 valence electrons. The van der Waals surface area contributed by atoms with Crippen LogP contribution in [0, 0.1) is 19.7 Å². The molecule has 0 amide bonds. The first-order valence-electron chi connectivity index (χ1n) is 5.66. The van der Waals surface area contributed by atoms with Crippen molar-refractivity contribution >= 4 is 0 Å². The number of rotatable bonds is 2. The molecule has 1 atom stereocenters. The lowest BCUT2D eigenvalue weighted by Crippen LogP contribution is -2.13. The first-order valence-corrected chi connectivity index (χ1v) is 5.66. The van der Waals surface area contributed by atoms with Crippen molar-refractivity contribution in [1.82, 2.24) is 0 Å². The van der Waals surface area contributed by atoms with E-state index in [9.17, 15) is 4.39 Å². The average molecular weight is 229 g/mol. The first-order chi connectivity index (χ1) is 8.08. The zero-order valence-electron chi connectivity index (χ0n) is 10.1. The Bertz CT molecular complexity index is 534. The second-order valence-electron chi connectivity index (χ2n) is 4.39. The smallest absolute Gasteiger partial charge is 0.123 e. The molecule has 0 radical (unpaired) electrons. The fourth-order valence-electron chi connectivity index (χ4n) is 2.05. The van der Waals surface area contributed by atoms with Gasteiger partial charge < -0.3 is 5.73 Å². The van der Waals surface area contributed by atoms with Gasteiger partial charge in [-0.1, -0.05) is 35.9 Å². The Morgan fingerprint density at radius 3 is 2.47 bits per heavy atom. The standard InChI is InChI=1S/C15H16FN/c1-10-6-7-14(11(2)8-10)15(17)12-4-3-5-13(16)9-12/h3-9,15H,17H2,1-2H3. The van der Waals surface area contributed by atoms with Crippen LogP contribution in [-0.4, -0.2) is 0 Å². The van der Waals surface area contributed by atoms with E-state index in [1.165, 1.54) is 17.7 Å². The second-order valence-corrected chi connectivity index (χ2v) is 4.39. The Balaban J connectivity index is 2.40. The van der Waals surface area contributed by atoms with E-state index in [1.54, 1.807) is 6.07 Å². The average Bonchev–Trinajstić information content (AvgIpc) is 2.28. The summed E-state index contributed by atoms with van der Waals surface area (Å²) >= 11 is 0. The van der Waals surface area contributed by atoms with Crippen molar-refractivity contribution in [3.63, 3.8) is 0 Å². The molecule has 0 spiro atoms. The van der Waals surface area contributed by atoms with E-state index in [0.29, 0.717) is 0 Å². The van der Waals surface area contributed by atoms with Gasteiger partial charge in [-0.3, -0.25) is 0 Å². The van der Waals surface area contributed by atoms with Crippen LogP contribution in [0.3, 0.4) is 0 Å². The van der Waals surface area contributed by atoms with E-state index in [0.717, 1.165) is 16.7 Å². The van der Waals surface area contributed by atoms with Crippen molar-refractivity contribution in [1.29, 1.82) is 0 Å². The number of benzene rings is 2. The highest BCUT2D eigenvalue weighted by Gasteiger charge is 2.11.